The minimum atomic E-state index is -0.522. The number of carbonyl (C=O) groups is 2. The molecule has 0 bridgehead atoms. The zero-order valence-electron chi connectivity index (χ0n) is 22.5. The number of nitriles is 1. The molecule has 2 amide bonds. The lowest BCUT2D eigenvalue weighted by Crippen LogP contribution is -2.17. The summed E-state index contributed by atoms with van der Waals surface area (Å²) < 4.78 is 5.83. The molecule has 42 heavy (non-hydrogen) atoms. The molecule has 206 valence electrons. The molecule has 3 N–H and O–H groups in total. The monoisotopic (exact) mass is 554 g/mol. The number of rotatable bonds is 9. The number of hydrogen-bond acceptors (Lipinski definition) is 6. The molecule has 0 aromatic heterocycles. The number of phenols is 1. The molecule has 0 fully saturated rings. The average Bonchev–Trinajstić information content (AvgIpc) is 3.02. The lowest BCUT2D eigenvalue weighted by molar-refractivity contribution is -0.115. The van der Waals surface area contributed by atoms with E-state index in [0.29, 0.717) is 12.3 Å². The SMILES string of the molecule is N#Cc1cc(C(=O)N/N=C/c2ccc(NC(=O)Cc3ccc(OCc4ccccc4)cc3)c3ccccc23)ccc1O. The predicted molar refractivity (Wildman–Crippen MR) is 161 cm³/mol. The Morgan fingerprint density at radius 1 is 0.857 bits per heavy atom. The number of ether oxygens (including phenoxy) is 1. The molecule has 0 spiro atoms. The molecule has 0 unspecified atom stereocenters. The minimum absolute atomic E-state index is 0.000117. The highest BCUT2D eigenvalue weighted by Gasteiger charge is 2.11. The average molecular weight is 555 g/mol. The number of phenolic OH excluding ortho intramolecular Hbond substituents is 1. The van der Waals surface area contributed by atoms with Crippen molar-refractivity contribution in [1.82, 2.24) is 5.43 Å². The van der Waals surface area contributed by atoms with Crippen molar-refractivity contribution in [3.05, 3.63) is 137 Å². The first kappa shape index (κ1) is 27.6. The van der Waals surface area contributed by atoms with Gasteiger partial charge in [0.1, 0.15) is 24.2 Å². The molecule has 0 heterocycles. The van der Waals surface area contributed by atoms with Gasteiger partial charge in [-0.25, -0.2) is 5.43 Å². The highest BCUT2D eigenvalue weighted by atomic mass is 16.5. The molecule has 5 rings (SSSR count). The van der Waals surface area contributed by atoms with Crippen LogP contribution in [0, 0.1) is 11.3 Å². The summed E-state index contributed by atoms with van der Waals surface area (Å²) in [6, 6.07) is 34.4. The van der Waals surface area contributed by atoms with Gasteiger partial charge in [0.15, 0.2) is 0 Å². The van der Waals surface area contributed by atoms with Gasteiger partial charge in [-0.3, -0.25) is 9.59 Å². The summed E-state index contributed by atoms with van der Waals surface area (Å²) in [6.07, 6.45) is 1.71. The van der Waals surface area contributed by atoms with Crippen LogP contribution in [0.25, 0.3) is 10.8 Å². The molecule has 5 aromatic carbocycles. The van der Waals surface area contributed by atoms with Crippen LogP contribution in [0.1, 0.15) is 32.6 Å². The summed E-state index contributed by atoms with van der Waals surface area (Å²) in [5.74, 6) is -0.139. The number of benzene rings is 5. The molecule has 0 atom stereocenters. The first-order chi connectivity index (χ1) is 20.5. The van der Waals surface area contributed by atoms with Gasteiger partial charge in [-0.1, -0.05) is 72.8 Å². The third-order valence-electron chi connectivity index (χ3n) is 6.52. The van der Waals surface area contributed by atoms with Gasteiger partial charge in [-0.2, -0.15) is 10.4 Å². The van der Waals surface area contributed by atoms with Gasteiger partial charge in [0.25, 0.3) is 5.91 Å². The van der Waals surface area contributed by atoms with Crippen molar-refractivity contribution in [2.45, 2.75) is 13.0 Å². The van der Waals surface area contributed by atoms with Crippen molar-refractivity contribution >= 4 is 34.5 Å². The number of aromatic hydroxyl groups is 1. The molecule has 0 radical (unpaired) electrons. The highest BCUT2D eigenvalue weighted by molar-refractivity contribution is 6.08. The smallest absolute Gasteiger partial charge is 0.271 e. The molecule has 0 aliphatic heterocycles. The van der Waals surface area contributed by atoms with E-state index in [1.165, 1.54) is 24.4 Å². The maximum absolute atomic E-state index is 12.9. The van der Waals surface area contributed by atoms with E-state index in [1.807, 2.05) is 84.9 Å². The van der Waals surface area contributed by atoms with E-state index < -0.39 is 5.91 Å². The third kappa shape index (κ3) is 6.79. The van der Waals surface area contributed by atoms with Gasteiger partial charge in [-0.15, -0.1) is 0 Å². The lowest BCUT2D eigenvalue weighted by atomic mass is 10.0. The first-order valence-electron chi connectivity index (χ1n) is 13.1. The van der Waals surface area contributed by atoms with Crippen LogP contribution in [0.2, 0.25) is 0 Å². The number of anilines is 1. The molecular weight excluding hydrogens is 528 g/mol. The van der Waals surface area contributed by atoms with E-state index in [2.05, 4.69) is 15.8 Å². The van der Waals surface area contributed by atoms with Crippen LogP contribution >= 0.6 is 0 Å². The summed E-state index contributed by atoms with van der Waals surface area (Å²) in [5, 5.41) is 27.4. The van der Waals surface area contributed by atoms with Crippen LogP contribution in [0.3, 0.4) is 0 Å². The van der Waals surface area contributed by atoms with Gasteiger partial charge in [0, 0.05) is 22.2 Å². The van der Waals surface area contributed by atoms with Crippen LogP contribution in [0.5, 0.6) is 11.5 Å². The molecule has 0 aliphatic rings. The standard InChI is InChI=1S/C34H26N4O4/c35-20-27-19-25(13-17-32(27)39)34(41)38-36-21-26-12-16-31(30-9-5-4-8-29(26)30)37-33(40)18-23-10-14-28(15-11-23)42-22-24-6-2-1-3-7-24/h1-17,19,21,39H,18,22H2,(H,37,40)(H,38,41)/b36-21+. The number of fused-ring (bicyclic) bond motifs is 1. The Morgan fingerprint density at radius 3 is 2.36 bits per heavy atom. The molecule has 0 saturated heterocycles. The maximum atomic E-state index is 12.9. The number of hydrogen-bond donors (Lipinski definition) is 3. The Morgan fingerprint density at radius 2 is 1.60 bits per heavy atom. The molecule has 8 heteroatoms. The second-order valence-corrected chi connectivity index (χ2v) is 9.43. The van der Waals surface area contributed by atoms with E-state index in [-0.39, 0.29) is 29.2 Å². The van der Waals surface area contributed by atoms with Crippen LogP contribution in [0.4, 0.5) is 5.69 Å². The zero-order valence-corrected chi connectivity index (χ0v) is 22.5. The topological polar surface area (TPSA) is 124 Å². The van der Waals surface area contributed by atoms with Crippen molar-refractivity contribution < 1.29 is 19.4 Å². The maximum Gasteiger partial charge on any atom is 0.271 e. The fourth-order valence-corrected chi connectivity index (χ4v) is 4.36. The molecule has 0 aliphatic carbocycles. The highest BCUT2D eigenvalue weighted by Crippen LogP contribution is 2.26. The second kappa shape index (κ2) is 12.9. The summed E-state index contributed by atoms with van der Waals surface area (Å²) in [6.45, 7) is 0.475. The van der Waals surface area contributed by atoms with Gasteiger partial charge >= 0.3 is 0 Å². The Hall–Kier alpha value is -5.94. The number of nitrogens with one attached hydrogen (secondary N) is 2. The summed E-state index contributed by atoms with van der Waals surface area (Å²) in [4.78, 5) is 25.3. The van der Waals surface area contributed by atoms with E-state index in [1.54, 1.807) is 12.1 Å². The largest absolute Gasteiger partial charge is 0.507 e. The van der Waals surface area contributed by atoms with E-state index in [4.69, 9.17) is 10.00 Å². The quantitative estimate of drug-likeness (QED) is 0.154. The fourth-order valence-electron chi connectivity index (χ4n) is 4.36. The summed E-state index contributed by atoms with van der Waals surface area (Å²) >= 11 is 0. The van der Waals surface area contributed by atoms with Gasteiger partial charge in [0.2, 0.25) is 5.91 Å². The van der Waals surface area contributed by atoms with Crippen LogP contribution in [-0.2, 0) is 17.8 Å². The minimum Gasteiger partial charge on any atom is -0.507 e. The first-order valence-corrected chi connectivity index (χ1v) is 13.1. The van der Waals surface area contributed by atoms with Crippen LogP contribution in [0.15, 0.2) is 114 Å². The Balaban J connectivity index is 1.22. The second-order valence-electron chi connectivity index (χ2n) is 9.43. The van der Waals surface area contributed by atoms with Gasteiger partial charge in [0.05, 0.1) is 18.2 Å². The normalized spacial score (nSPS) is 10.7. The number of hydrazone groups is 1. The molecule has 8 nitrogen and oxygen atoms in total. The van der Waals surface area contributed by atoms with Gasteiger partial charge < -0.3 is 15.2 Å². The summed E-state index contributed by atoms with van der Waals surface area (Å²) in [7, 11) is 0. The Kier molecular flexibility index (Phi) is 8.51. The van der Waals surface area contributed by atoms with Crippen LogP contribution < -0.4 is 15.5 Å². The van der Waals surface area contributed by atoms with E-state index >= 15 is 0 Å². The molecule has 5 aromatic rings. The number of amides is 2. The van der Waals surface area contributed by atoms with Crippen molar-refractivity contribution in [2.75, 3.05) is 5.32 Å². The van der Waals surface area contributed by atoms with Crippen molar-refractivity contribution in [2.24, 2.45) is 5.10 Å². The number of nitrogens with zero attached hydrogens (tertiary/aromatic N) is 2. The Labute approximate surface area is 242 Å². The van der Waals surface area contributed by atoms with Crippen molar-refractivity contribution in [3.8, 4) is 17.6 Å². The van der Waals surface area contributed by atoms with Crippen molar-refractivity contribution in [1.29, 1.82) is 5.26 Å². The lowest BCUT2D eigenvalue weighted by Gasteiger charge is -2.11. The van der Waals surface area contributed by atoms with Crippen molar-refractivity contribution in [3.63, 3.8) is 0 Å². The summed E-state index contributed by atoms with van der Waals surface area (Å²) in [5.41, 5.74) is 5.97. The van der Waals surface area contributed by atoms with Gasteiger partial charge in [-0.05, 0) is 52.9 Å². The predicted octanol–water partition coefficient (Wildman–Crippen LogP) is 5.94. The zero-order chi connectivity index (χ0) is 29.3. The van der Waals surface area contributed by atoms with E-state index in [9.17, 15) is 14.7 Å². The van der Waals surface area contributed by atoms with E-state index in [0.717, 1.165) is 33.2 Å². The number of carbonyl (C=O) groups excluding carboxylic acids is 2. The third-order valence-corrected chi connectivity index (χ3v) is 6.52. The molecular formula is C34H26N4O4. The fraction of sp³-hybridized carbons (Fsp3) is 0.0588. The van der Waals surface area contributed by atoms with Crippen LogP contribution in [-0.4, -0.2) is 23.1 Å². The Bertz CT molecular complexity index is 1810. The molecule has 0 saturated carbocycles.